The molecular weight excluding hydrogens is 472 g/mol. The highest BCUT2D eigenvalue weighted by Crippen LogP contribution is 2.23. The Morgan fingerprint density at radius 2 is 1.81 bits per heavy atom. The second-order valence-electron chi connectivity index (χ2n) is 9.47. The van der Waals surface area contributed by atoms with Gasteiger partial charge in [-0.3, -0.25) is 4.72 Å². The molecule has 0 saturated heterocycles. The fraction of sp³-hybridized carbons (Fsp3) is 0.250. The minimum absolute atomic E-state index is 0.181. The number of benzene rings is 3. The van der Waals surface area contributed by atoms with Crippen molar-refractivity contribution in [2.75, 3.05) is 11.3 Å². The molecule has 8 heteroatoms. The first kappa shape index (κ1) is 25.5. The van der Waals surface area contributed by atoms with E-state index in [1.807, 2.05) is 30.5 Å². The third kappa shape index (κ3) is 6.13. The molecule has 7 nitrogen and oxygen atoms in total. The molecule has 0 saturated carbocycles. The summed E-state index contributed by atoms with van der Waals surface area (Å²) in [4.78, 5) is 0.181. The Morgan fingerprint density at radius 1 is 1.03 bits per heavy atom. The van der Waals surface area contributed by atoms with Crippen molar-refractivity contribution in [3.63, 3.8) is 0 Å². The van der Waals surface area contributed by atoms with Crippen molar-refractivity contribution in [1.29, 1.82) is 5.26 Å². The second kappa shape index (κ2) is 10.5. The van der Waals surface area contributed by atoms with Gasteiger partial charge in [-0.05, 0) is 74.4 Å². The third-order valence-corrected chi connectivity index (χ3v) is 7.63. The number of fused-ring (bicyclic) bond motifs is 1. The van der Waals surface area contributed by atoms with Crippen LogP contribution in [0.2, 0.25) is 0 Å². The number of nitriles is 1. The third-order valence-electron chi connectivity index (χ3n) is 6.23. The van der Waals surface area contributed by atoms with Crippen molar-refractivity contribution >= 4 is 26.6 Å². The number of nitrogens with one attached hydrogen (secondary N) is 2. The van der Waals surface area contributed by atoms with Gasteiger partial charge < -0.3 is 15.0 Å². The molecule has 0 spiro atoms. The molecule has 4 rings (SSSR count). The van der Waals surface area contributed by atoms with Gasteiger partial charge in [0.2, 0.25) is 0 Å². The van der Waals surface area contributed by atoms with Gasteiger partial charge >= 0.3 is 0 Å². The van der Waals surface area contributed by atoms with E-state index in [0.29, 0.717) is 23.4 Å². The van der Waals surface area contributed by atoms with Crippen LogP contribution < -0.4 is 10.0 Å². The van der Waals surface area contributed by atoms with Crippen LogP contribution in [0.5, 0.6) is 0 Å². The van der Waals surface area contributed by atoms with Crippen LogP contribution in [0.15, 0.2) is 90.0 Å². The standard InChI is InChI=1S/C28H30N4O3S/c1-28(2,14-16-32-15-13-22-17-21(19-29)11-12-26(22)32)30-20-27(33)23-7-6-8-24(18-23)31-36(34,35)25-9-4-3-5-10-25/h3-13,15,17-18,27,30-31,33H,14,16,20H2,1-2H3. The molecule has 1 aromatic heterocycles. The number of aliphatic hydroxyl groups excluding tert-OH is 1. The maximum Gasteiger partial charge on any atom is 0.261 e. The first-order valence-corrected chi connectivity index (χ1v) is 13.3. The summed E-state index contributed by atoms with van der Waals surface area (Å²) < 4.78 is 30.0. The van der Waals surface area contributed by atoms with Crippen molar-refractivity contribution < 1.29 is 13.5 Å². The molecule has 0 radical (unpaired) electrons. The van der Waals surface area contributed by atoms with Crippen molar-refractivity contribution in [1.82, 2.24) is 9.88 Å². The Bertz CT molecular complexity index is 1490. The van der Waals surface area contributed by atoms with Crippen LogP contribution in [0.25, 0.3) is 10.9 Å². The maximum atomic E-state index is 12.6. The number of anilines is 1. The number of aliphatic hydroxyl groups is 1. The number of aryl methyl sites for hydroxylation is 1. The van der Waals surface area contributed by atoms with Crippen LogP contribution in [0.1, 0.15) is 37.5 Å². The lowest BCUT2D eigenvalue weighted by atomic mass is 9.99. The van der Waals surface area contributed by atoms with E-state index in [-0.39, 0.29) is 10.4 Å². The Labute approximate surface area is 212 Å². The molecule has 0 aliphatic rings. The summed E-state index contributed by atoms with van der Waals surface area (Å²) in [6.07, 6.45) is 2.04. The average Bonchev–Trinajstić information content (AvgIpc) is 3.29. The zero-order valence-corrected chi connectivity index (χ0v) is 21.2. The molecule has 1 unspecified atom stereocenters. The monoisotopic (exact) mass is 502 g/mol. The molecule has 0 bridgehead atoms. The normalized spacial score (nSPS) is 12.8. The topological polar surface area (TPSA) is 107 Å². The molecule has 0 amide bonds. The predicted molar refractivity (Wildman–Crippen MR) is 142 cm³/mol. The maximum absolute atomic E-state index is 12.6. The molecule has 3 aromatic carbocycles. The van der Waals surface area contributed by atoms with Crippen LogP contribution in [0.4, 0.5) is 5.69 Å². The van der Waals surface area contributed by atoms with Gasteiger partial charge in [0.25, 0.3) is 10.0 Å². The molecule has 1 atom stereocenters. The fourth-order valence-corrected chi connectivity index (χ4v) is 5.14. The van der Waals surface area contributed by atoms with Gasteiger partial charge in [-0.25, -0.2) is 8.42 Å². The van der Waals surface area contributed by atoms with E-state index in [9.17, 15) is 13.5 Å². The van der Waals surface area contributed by atoms with E-state index < -0.39 is 16.1 Å². The largest absolute Gasteiger partial charge is 0.387 e. The summed E-state index contributed by atoms with van der Waals surface area (Å²) in [6.45, 7) is 5.27. The van der Waals surface area contributed by atoms with Crippen LogP contribution in [0.3, 0.4) is 0 Å². The molecule has 0 aliphatic carbocycles. The number of nitrogens with zero attached hydrogens (tertiary/aromatic N) is 2. The lowest BCUT2D eigenvalue weighted by molar-refractivity contribution is 0.158. The van der Waals surface area contributed by atoms with E-state index in [1.54, 1.807) is 42.5 Å². The number of sulfonamides is 1. The number of β-amino-alcohol motifs (C(OH)–C–C–N with tert-alkyl or cyclic N) is 1. The van der Waals surface area contributed by atoms with E-state index in [1.165, 1.54) is 12.1 Å². The van der Waals surface area contributed by atoms with Crippen LogP contribution >= 0.6 is 0 Å². The van der Waals surface area contributed by atoms with Gasteiger partial charge in [0.15, 0.2) is 0 Å². The van der Waals surface area contributed by atoms with Gasteiger partial charge in [0, 0.05) is 41.4 Å². The molecule has 186 valence electrons. The summed E-state index contributed by atoms with van der Waals surface area (Å²) >= 11 is 0. The van der Waals surface area contributed by atoms with E-state index in [4.69, 9.17) is 5.26 Å². The van der Waals surface area contributed by atoms with Gasteiger partial charge in [0.05, 0.1) is 22.6 Å². The lowest BCUT2D eigenvalue weighted by Gasteiger charge is -2.28. The smallest absolute Gasteiger partial charge is 0.261 e. The summed E-state index contributed by atoms with van der Waals surface area (Å²) in [6, 6.07) is 24.9. The van der Waals surface area contributed by atoms with Crippen molar-refractivity contribution in [3.8, 4) is 6.07 Å². The SMILES string of the molecule is CC(C)(CCn1ccc2cc(C#N)ccc21)NCC(O)c1cccc(NS(=O)(=O)c2ccccc2)c1. The van der Waals surface area contributed by atoms with E-state index in [0.717, 1.165) is 23.9 Å². The highest BCUT2D eigenvalue weighted by molar-refractivity contribution is 7.92. The zero-order chi connectivity index (χ0) is 25.8. The first-order valence-electron chi connectivity index (χ1n) is 11.8. The molecule has 3 N–H and O–H groups in total. The number of rotatable bonds is 10. The van der Waals surface area contributed by atoms with Gasteiger partial charge in [-0.1, -0.05) is 30.3 Å². The fourth-order valence-electron chi connectivity index (χ4n) is 4.07. The summed E-state index contributed by atoms with van der Waals surface area (Å²) in [5, 5.41) is 24.4. The lowest BCUT2D eigenvalue weighted by Crippen LogP contribution is -2.42. The molecule has 0 fully saturated rings. The number of aromatic nitrogens is 1. The van der Waals surface area contributed by atoms with Gasteiger partial charge in [-0.15, -0.1) is 0 Å². The highest BCUT2D eigenvalue weighted by atomic mass is 32.2. The molecule has 36 heavy (non-hydrogen) atoms. The Balaban J connectivity index is 1.35. The Kier molecular flexibility index (Phi) is 7.45. The summed E-state index contributed by atoms with van der Waals surface area (Å²) in [7, 11) is -3.71. The molecule has 0 aliphatic heterocycles. The van der Waals surface area contributed by atoms with Crippen molar-refractivity contribution in [2.24, 2.45) is 0 Å². The van der Waals surface area contributed by atoms with Crippen LogP contribution in [0, 0.1) is 11.3 Å². The Hall–Kier alpha value is -3.64. The summed E-state index contributed by atoms with van der Waals surface area (Å²) in [5.41, 5.74) is 2.49. The molecule has 1 heterocycles. The second-order valence-corrected chi connectivity index (χ2v) is 11.2. The van der Waals surface area contributed by atoms with Gasteiger partial charge in [-0.2, -0.15) is 5.26 Å². The minimum Gasteiger partial charge on any atom is -0.387 e. The van der Waals surface area contributed by atoms with Crippen molar-refractivity contribution in [2.45, 2.75) is 43.4 Å². The zero-order valence-electron chi connectivity index (χ0n) is 20.3. The predicted octanol–water partition coefficient (Wildman–Crippen LogP) is 4.81. The summed E-state index contributed by atoms with van der Waals surface area (Å²) in [5.74, 6) is 0. The highest BCUT2D eigenvalue weighted by Gasteiger charge is 2.20. The van der Waals surface area contributed by atoms with Gasteiger partial charge in [0.1, 0.15) is 0 Å². The quantitative estimate of drug-likeness (QED) is 0.289. The Morgan fingerprint density at radius 3 is 2.56 bits per heavy atom. The average molecular weight is 503 g/mol. The minimum atomic E-state index is -3.71. The number of hydrogen-bond donors (Lipinski definition) is 3. The van der Waals surface area contributed by atoms with Crippen LogP contribution in [-0.2, 0) is 16.6 Å². The molecular formula is C28H30N4O3S. The first-order chi connectivity index (χ1) is 17.2. The van der Waals surface area contributed by atoms with Crippen molar-refractivity contribution in [3.05, 3.63) is 96.2 Å². The van der Waals surface area contributed by atoms with E-state index in [2.05, 4.69) is 34.5 Å². The number of hydrogen-bond acceptors (Lipinski definition) is 5. The van der Waals surface area contributed by atoms with Crippen LogP contribution in [-0.4, -0.2) is 30.2 Å². The molecule has 4 aromatic rings. The van der Waals surface area contributed by atoms with E-state index >= 15 is 0 Å².